The average molecular weight is 313 g/mol. The molecule has 0 atom stereocenters. The van der Waals surface area contributed by atoms with Gasteiger partial charge in [-0.1, -0.05) is 18.2 Å². The minimum Gasteiger partial charge on any atom is -0.337 e. The van der Waals surface area contributed by atoms with Crippen molar-refractivity contribution in [1.29, 1.82) is 0 Å². The Kier molecular flexibility index (Phi) is 6.64. The second-order valence-corrected chi connectivity index (χ2v) is 7.05. The fourth-order valence-electron chi connectivity index (χ4n) is 1.84. The lowest BCUT2D eigenvalue weighted by Gasteiger charge is -2.26. The molecule has 0 radical (unpaired) electrons. The molecular formula is C14H23N3O3S. The highest BCUT2D eigenvalue weighted by Crippen LogP contribution is 2.11. The molecule has 21 heavy (non-hydrogen) atoms. The molecule has 7 heteroatoms. The van der Waals surface area contributed by atoms with E-state index >= 15 is 0 Å². The summed E-state index contributed by atoms with van der Waals surface area (Å²) in [5, 5.41) is 2.66. The van der Waals surface area contributed by atoms with Crippen LogP contribution < -0.4 is 11.1 Å². The molecule has 0 bridgehead atoms. The van der Waals surface area contributed by atoms with Gasteiger partial charge < -0.3 is 16.0 Å². The number of sulfone groups is 1. The number of nitrogens with zero attached hydrogens (tertiary/aromatic N) is 1. The molecule has 0 fully saturated rings. The molecule has 0 unspecified atom stereocenters. The predicted octanol–water partition coefficient (Wildman–Crippen LogP) is 0.839. The van der Waals surface area contributed by atoms with Crippen molar-refractivity contribution in [2.45, 2.75) is 24.8 Å². The highest BCUT2D eigenvalue weighted by Gasteiger charge is 2.21. The van der Waals surface area contributed by atoms with E-state index in [4.69, 9.17) is 5.73 Å². The summed E-state index contributed by atoms with van der Waals surface area (Å²) in [6.45, 7) is 4.55. The maximum Gasteiger partial charge on any atom is 0.317 e. The van der Waals surface area contributed by atoms with Gasteiger partial charge in [-0.2, -0.15) is 0 Å². The molecule has 0 spiro atoms. The zero-order valence-electron chi connectivity index (χ0n) is 12.5. The van der Waals surface area contributed by atoms with E-state index in [-0.39, 0.29) is 29.3 Å². The van der Waals surface area contributed by atoms with Crippen LogP contribution in [0.5, 0.6) is 0 Å². The Hall–Kier alpha value is -1.60. The molecular weight excluding hydrogens is 290 g/mol. The first kappa shape index (κ1) is 17.5. The number of hydrogen-bond acceptors (Lipinski definition) is 4. The molecule has 118 valence electrons. The number of nitrogens with two attached hydrogens (primary N) is 1. The third-order valence-electron chi connectivity index (χ3n) is 3.01. The van der Waals surface area contributed by atoms with Crippen molar-refractivity contribution >= 4 is 15.9 Å². The number of amides is 2. The van der Waals surface area contributed by atoms with Crippen LogP contribution in [0, 0.1) is 0 Å². The largest absolute Gasteiger partial charge is 0.337 e. The van der Waals surface area contributed by atoms with Gasteiger partial charge in [0.15, 0.2) is 9.84 Å². The number of carbonyl (C=O) groups is 1. The third kappa shape index (κ3) is 5.35. The summed E-state index contributed by atoms with van der Waals surface area (Å²) in [7, 11) is -3.39. The Labute approximate surface area is 126 Å². The normalized spacial score (nSPS) is 11.4. The zero-order valence-corrected chi connectivity index (χ0v) is 13.3. The molecule has 1 aromatic carbocycles. The summed E-state index contributed by atoms with van der Waals surface area (Å²) in [5.41, 5.74) is 5.34. The van der Waals surface area contributed by atoms with Gasteiger partial charge in [0.05, 0.1) is 10.6 Å². The number of carbonyl (C=O) groups excluding carboxylic acids is 1. The van der Waals surface area contributed by atoms with Crippen LogP contribution >= 0.6 is 0 Å². The molecule has 0 saturated heterocycles. The summed E-state index contributed by atoms with van der Waals surface area (Å²) in [6.07, 6.45) is 0. The van der Waals surface area contributed by atoms with E-state index in [1.807, 2.05) is 13.8 Å². The van der Waals surface area contributed by atoms with Gasteiger partial charge in [-0.3, -0.25) is 0 Å². The smallest absolute Gasteiger partial charge is 0.317 e. The number of rotatable bonds is 7. The number of benzene rings is 1. The molecule has 0 aromatic heterocycles. The van der Waals surface area contributed by atoms with Crippen molar-refractivity contribution in [3.8, 4) is 0 Å². The van der Waals surface area contributed by atoms with Crippen LogP contribution in [0.15, 0.2) is 35.2 Å². The summed E-state index contributed by atoms with van der Waals surface area (Å²) >= 11 is 0. The Balaban J connectivity index is 2.71. The van der Waals surface area contributed by atoms with Crippen molar-refractivity contribution < 1.29 is 13.2 Å². The monoisotopic (exact) mass is 313 g/mol. The van der Waals surface area contributed by atoms with Gasteiger partial charge in [0.2, 0.25) is 0 Å². The molecule has 0 saturated carbocycles. The Morgan fingerprint density at radius 3 is 2.43 bits per heavy atom. The van der Waals surface area contributed by atoms with Crippen LogP contribution in [0.1, 0.15) is 13.8 Å². The van der Waals surface area contributed by atoms with E-state index in [1.165, 1.54) is 4.90 Å². The van der Waals surface area contributed by atoms with E-state index in [1.54, 1.807) is 30.3 Å². The van der Waals surface area contributed by atoms with Crippen LogP contribution in [-0.2, 0) is 9.84 Å². The van der Waals surface area contributed by atoms with Crippen LogP contribution in [0.3, 0.4) is 0 Å². The number of urea groups is 1. The van der Waals surface area contributed by atoms with Gasteiger partial charge in [-0.05, 0) is 26.0 Å². The minimum absolute atomic E-state index is 0.0891. The first-order valence-corrected chi connectivity index (χ1v) is 8.56. The van der Waals surface area contributed by atoms with Gasteiger partial charge in [0.1, 0.15) is 0 Å². The van der Waals surface area contributed by atoms with Crippen LogP contribution in [0.25, 0.3) is 0 Å². The van der Waals surface area contributed by atoms with Crippen molar-refractivity contribution in [3.63, 3.8) is 0 Å². The van der Waals surface area contributed by atoms with Gasteiger partial charge in [0.25, 0.3) is 0 Å². The van der Waals surface area contributed by atoms with Gasteiger partial charge in [-0.25, -0.2) is 13.2 Å². The summed E-state index contributed by atoms with van der Waals surface area (Å²) in [4.78, 5) is 13.7. The SMILES string of the molecule is CC(C)N(CCS(=O)(=O)c1ccccc1)C(=O)NCCN. The molecule has 0 aliphatic heterocycles. The quantitative estimate of drug-likeness (QED) is 0.780. The van der Waals surface area contributed by atoms with Crippen molar-refractivity contribution in [3.05, 3.63) is 30.3 Å². The van der Waals surface area contributed by atoms with E-state index in [9.17, 15) is 13.2 Å². The highest BCUT2D eigenvalue weighted by molar-refractivity contribution is 7.91. The second kappa shape index (κ2) is 7.99. The fourth-order valence-corrected chi connectivity index (χ4v) is 3.08. The zero-order chi connectivity index (χ0) is 15.9. The molecule has 2 amide bonds. The first-order chi connectivity index (χ1) is 9.88. The molecule has 3 N–H and O–H groups in total. The van der Waals surface area contributed by atoms with Gasteiger partial charge in [-0.15, -0.1) is 0 Å². The average Bonchev–Trinajstić information content (AvgIpc) is 2.45. The number of nitrogens with one attached hydrogen (secondary N) is 1. The van der Waals surface area contributed by atoms with Crippen molar-refractivity contribution in [2.24, 2.45) is 5.73 Å². The Morgan fingerprint density at radius 2 is 1.90 bits per heavy atom. The fraction of sp³-hybridized carbons (Fsp3) is 0.500. The Morgan fingerprint density at radius 1 is 1.29 bits per heavy atom. The van der Waals surface area contributed by atoms with E-state index in [0.29, 0.717) is 13.1 Å². The van der Waals surface area contributed by atoms with Crippen LogP contribution in [0.2, 0.25) is 0 Å². The minimum atomic E-state index is -3.39. The van der Waals surface area contributed by atoms with Crippen LogP contribution in [-0.4, -0.2) is 50.8 Å². The highest BCUT2D eigenvalue weighted by atomic mass is 32.2. The van der Waals surface area contributed by atoms with E-state index in [0.717, 1.165) is 0 Å². The molecule has 0 aliphatic carbocycles. The summed E-state index contributed by atoms with van der Waals surface area (Å²) in [6, 6.07) is 7.86. The van der Waals surface area contributed by atoms with E-state index < -0.39 is 9.84 Å². The first-order valence-electron chi connectivity index (χ1n) is 6.91. The second-order valence-electron chi connectivity index (χ2n) is 4.94. The molecule has 1 rings (SSSR count). The Bertz CT molecular complexity index is 544. The topological polar surface area (TPSA) is 92.5 Å². The molecule has 0 aliphatic rings. The third-order valence-corrected chi connectivity index (χ3v) is 4.72. The maximum atomic E-state index is 12.2. The van der Waals surface area contributed by atoms with Crippen LogP contribution in [0.4, 0.5) is 4.79 Å². The lowest BCUT2D eigenvalue weighted by Crippen LogP contribution is -2.47. The number of hydrogen-bond donors (Lipinski definition) is 2. The lowest BCUT2D eigenvalue weighted by atomic mass is 10.3. The lowest BCUT2D eigenvalue weighted by molar-refractivity contribution is 0.187. The van der Waals surface area contributed by atoms with Gasteiger partial charge >= 0.3 is 6.03 Å². The van der Waals surface area contributed by atoms with Gasteiger partial charge in [0, 0.05) is 25.7 Å². The maximum absolute atomic E-state index is 12.2. The summed E-state index contributed by atoms with van der Waals surface area (Å²) in [5.74, 6) is -0.106. The van der Waals surface area contributed by atoms with Crippen molar-refractivity contribution in [2.75, 3.05) is 25.4 Å². The summed E-state index contributed by atoms with van der Waals surface area (Å²) < 4.78 is 24.4. The van der Waals surface area contributed by atoms with Crippen molar-refractivity contribution in [1.82, 2.24) is 10.2 Å². The molecule has 1 aromatic rings. The molecule has 0 heterocycles. The standard InChI is InChI=1S/C14H23N3O3S/c1-12(2)17(14(18)16-9-8-15)10-11-21(19,20)13-6-4-3-5-7-13/h3-7,12H,8-11,15H2,1-2H3,(H,16,18). The predicted molar refractivity (Wildman–Crippen MR) is 82.8 cm³/mol. The molecule has 6 nitrogen and oxygen atoms in total. The van der Waals surface area contributed by atoms with E-state index in [2.05, 4.69) is 5.32 Å².